The number of carbonyl (C=O) groups excluding carboxylic acids is 1. The van der Waals surface area contributed by atoms with Crippen LogP contribution in [0.15, 0.2) is 24.3 Å². The van der Waals surface area contributed by atoms with Crippen LogP contribution in [0.2, 0.25) is 5.02 Å². The fraction of sp³-hybridized carbons (Fsp3) is 0.632. The van der Waals surface area contributed by atoms with E-state index < -0.39 is 0 Å². The minimum atomic E-state index is 0.194. The Balaban J connectivity index is 1.75. The maximum atomic E-state index is 12.9. The summed E-state index contributed by atoms with van der Waals surface area (Å²) in [6, 6.07) is 8.40. The van der Waals surface area contributed by atoms with Gasteiger partial charge in [0, 0.05) is 24.0 Å². The zero-order chi connectivity index (χ0) is 16.2. The standard InChI is InChI=1S/C19H27ClN2O/c20-16-10-8-14(9-11-16)18-7-2-1-3-12-22(18)19(23)13-15-5-4-6-17(15)21/h8-11,15,17-18H,1-7,12-13,21H2/t15-,17+,18?/m0/s1. The van der Waals surface area contributed by atoms with Crippen molar-refractivity contribution < 1.29 is 4.79 Å². The van der Waals surface area contributed by atoms with Gasteiger partial charge in [-0.2, -0.15) is 0 Å². The Hall–Kier alpha value is -1.06. The molecule has 126 valence electrons. The van der Waals surface area contributed by atoms with Crippen LogP contribution in [-0.2, 0) is 4.79 Å². The summed E-state index contributed by atoms with van der Waals surface area (Å²) >= 11 is 6.02. The Kier molecular flexibility index (Phi) is 5.60. The van der Waals surface area contributed by atoms with Gasteiger partial charge in [-0.15, -0.1) is 0 Å². The van der Waals surface area contributed by atoms with E-state index >= 15 is 0 Å². The number of benzene rings is 1. The van der Waals surface area contributed by atoms with E-state index in [4.69, 9.17) is 17.3 Å². The molecule has 1 amide bonds. The van der Waals surface area contributed by atoms with Crippen molar-refractivity contribution in [3.05, 3.63) is 34.9 Å². The van der Waals surface area contributed by atoms with E-state index in [1.807, 2.05) is 12.1 Å². The fourth-order valence-electron chi connectivity index (χ4n) is 4.10. The minimum absolute atomic E-state index is 0.194. The van der Waals surface area contributed by atoms with Crippen molar-refractivity contribution in [3.8, 4) is 0 Å². The second-order valence-corrected chi connectivity index (χ2v) is 7.50. The molecule has 4 heteroatoms. The number of likely N-dealkylation sites (tertiary alicyclic amines) is 1. The molecule has 3 rings (SSSR count). The van der Waals surface area contributed by atoms with E-state index in [0.29, 0.717) is 12.3 Å². The van der Waals surface area contributed by atoms with Crippen molar-refractivity contribution in [2.75, 3.05) is 6.54 Å². The maximum Gasteiger partial charge on any atom is 0.223 e. The first-order valence-electron chi connectivity index (χ1n) is 8.95. The molecule has 3 atom stereocenters. The molecule has 0 aromatic heterocycles. The Labute approximate surface area is 144 Å². The summed E-state index contributed by atoms with van der Waals surface area (Å²) in [5.41, 5.74) is 7.37. The van der Waals surface area contributed by atoms with Gasteiger partial charge in [0.05, 0.1) is 6.04 Å². The van der Waals surface area contributed by atoms with Crippen LogP contribution in [-0.4, -0.2) is 23.4 Å². The molecule has 2 N–H and O–H groups in total. The largest absolute Gasteiger partial charge is 0.336 e. The molecule has 0 radical (unpaired) electrons. The van der Waals surface area contributed by atoms with Crippen LogP contribution in [0.3, 0.4) is 0 Å². The van der Waals surface area contributed by atoms with Gasteiger partial charge in [0.2, 0.25) is 5.91 Å². The molecule has 1 saturated carbocycles. The molecule has 1 aromatic rings. The summed E-state index contributed by atoms with van der Waals surface area (Å²) in [6.07, 6.45) is 8.49. The van der Waals surface area contributed by atoms with Crippen molar-refractivity contribution in [3.63, 3.8) is 0 Å². The van der Waals surface area contributed by atoms with E-state index in [-0.39, 0.29) is 18.0 Å². The van der Waals surface area contributed by atoms with Crippen LogP contribution >= 0.6 is 11.6 Å². The molecular weight excluding hydrogens is 308 g/mol. The SMILES string of the molecule is N[C@@H]1CCC[C@H]1CC(=O)N1CCCCCC1c1ccc(Cl)cc1. The highest BCUT2D eigenvalue weighted by atomic mass is 35.5. The third-order valence-corrected chi connectivity index (χ3v) is 5.73. The van der Waals surface area contributed by atoms with Gasteiger partial charge >= 0.3 is 0 Å². The molecule has 1 aromatic carbocycles. The van der Waals surface area contributed by atoms with Crippen molar-refractivity contribution in [2.45, 2.75) is 63.5 Å². The van der Waals surface area contributed by atoms with Crippen LogP contribution in [0, 0.1) is 5.92 Å². The molecule has 2 aliphatic rings. The van der Waals surface area contributed by atoms with Gasteiger partial charge in [-0.3, -0.25) is 4.79 Å². The molecule has 1 heterocycles. The van der Waals surface area contributed by atoms with Gasteiger partial charge in [-0.05, 0) is 49.3 Å². The lowest BCUT2D eigenvalue weighted by Crippen LogP contribution is -2.37. The number of hydrogen-bond acceptors (Lipinski definition) is 2. The average molecular weight is 335 g/mol. The number of nitrogens with zero attached hydrogens (tertiary/aromatic N) is 1. The third kappa shape index (κ3) is 4.07. The molecule has 3 nitrogen and oxygen atoms in total. The van der Waals surface area contributed by atoms with Crippen molar-refractivity contribution in [2.24, 2.45) is 11.7 Å². The number of halogens is 1. The van der Waals surface area contributed by atoms with Crippen molar-refractivity contribution in [1.29, 1.82) is 0 Å². The zero-order valence-corrected chi connectivity index (χ0v) is 14.5. The van der Waals surface area contributed by atoms with E-state index in [1.54, 1.807) is 0 Å². The maximum absolute atomic E-state index is 12.9. The topological polar surface area (TPSA) is 46.3 Å². The summed E-state index contributed by atoms with van der Waals surface area (Å²) in [5.74, 6) is 0.658. The normalized spacial score (nSPS) is 28.6. The van der Waals surface area contributed by atoms with Gasteiger partial charge in [0.15, 0.2) is 0 Å². The smallest absolute Gasteiger partial charge is 0.223 e. The van der Waals surface area contributed by atoms with E-state index in [1.165, 1.54) is 24.8 Å². The second-order valence-electron chi connectivity index (χ2n) is 7.06. The summed E-state index contributed by atoms with van der Waals surface area (Å²) in [4.78, 5) is 15.1. The predicted molar refractivity (Wildman–Crippen MR) is 94.3 cm³/mol. The molecule has 1 aliphatic heterocycles. The Morgan fingerprint density at radius 2 is 1.87 bits per heavy atom. The number of hydrogen-bond donors (Lipinski definition) is 1. The average Bonchev–Trinajstić information content (AvgIpc) is 2.81. The predicted octanol–water partition coefficient (Wildman–Crippen LogP) is 4.30. The molecular formula is C19H27ClN2O. The third-order valence-electron chi connectivity index (χ3n) is 5.48. The second kappa shape index (κ2) is 7.67. The zero-order valence-electron chi connectivity index (χ0n) is 13.7. The van der Waals surface area contributed by atoms with Crippen LogP contribution in [0.4, 0.5) is 0 Å². The van der Waals surface area contributed by atoms with Crippen molar-refractivity contribution >= 4 is 17.5 Å². The first-order chi connectivity index (χ1) is 11.1. The lowest BCUT2D eigenvalue weighted by Gasteiger charge is -2.32. The lowest BCUT2D eigenvalue weighted by molar-refractivity contribution is -0.134. The minimum Gasteiger partial charge on any atom is -0.336 e. The number of carbonyl (C=O) groups is 1. The van der Waals surface area contributed by atoms with Crippen LogP contribution < -0.4 is 5.73 Å². The molecule has 1 unspecified atom stereocenters. The number of amides is 1. The van der Waals surface area contributed by atoms with Crippen LogP contribution in [0.25, 0.3) is 0 Å². The molecule has 0 spiro atoms. The monoisotopic (exact) mass is 334 g/mol. The number of nitrogens with two attached hydrogens (primary N) is 1. The van der Waals surface area contributed by atoms with Gasteiger partial charge in [0.1, 0.15) is 0 Å². The highest BCUT2D eigenvalue weighted by molar-refractivity contribution is 6.30. The van der Waals surface area contributed by atoms with Gasteiger partial charge < -0.3 is 10.6 Å². The summed E-state index contributed by atoms with van der Waals surface area (Å²) < 4.78 is 0. The molecule has 0 bridgehead atoms. The Morgan fingerprint density at radius 1 is 1.09 bits per heavy atom. The number of rotatable bonds is 3. The molecule has 1 saturated heterocycles. The highest BCUT2D eigenvalue weighted by Crippen LogP contribution is 2.33. The lowest BCUT2D eigenvalue weighted by atomic mass is 9.97. The summed E-state index contributed by atoms with van der Waals surface area (Å²) in [6.45, 7) is 0.869. The fourth-order valence-corrected chi connectivity index (χ4v) is 4.22. The summed E-state index contributed by atoms with van der Waals surface area (Å²) in [7, 11) is 0. The van der Waals surface area contributed by atoms with Crippen LogP contribution in [0.5, 0.6) is 0 Å². The Bertz CT molecular complexity index is 531. The highest BCUT2D eigenvalue weighted by Gasteiger charge is 2.31. The first kappa shape index (κ1) is 16.8. The summed E-state index contributed by atoms with van der Waals surface area (Å²) in [5, 5.41) is 0.747. The van der Waals surface area contributed by atoms with Gasteiger partial charge in [0.25, 0.3) is 0 Å². The first-order valence-corrected chi connectivity index (χ1v) is 9.33. The molecule has 1 aliphatic carbocycles. The Morgan fingerprint density at radius 3 is 2.57 bits per heavy atom. The van der Waals surface area contributed by atoms with Crippen LogP contribution in [0.1, 0.15) is 63.0 Å². The van der Waals surface area contributed by atoms with E-state index in [0.717, 1.165) is 37.3 Å². The van der Waals surface area contributed by atoms with Crippen molar-refractivity contribution in [1.82, 2.24) is 4.90 Å². The van der Waals surface area contributed by atoms with E-state index in [2.05, 4.69) is 17.0 Å². The molecule has 23 heavy (non-hydrogen) atoms. The quantitative estimate of drug-likeness (QED) is 0.895. The van der Waals surface area contributed by atoms with E-state index in [9.17, 15) is 4.79 Å². The van der Waals surface area contributed by atoms with Gasteiger partial charge in [-0.1, -0.05) is 43.0 Å². The molecule has 2 fully saturated rings. The van der Waals surface area contributed by atoms with Gasteiger partial charge in [-0.25, -0.2) is 0 Å².